The van der Waals surface area contributed by atoms with Gasteiger partial charge in [0.1, 0.15) is 0 Å². The van der Waals surface area contributed by atoms with Crippen LogP contribution >= 0.6 is 34.4 Å². The number of benzene rings is 1. The molecule has 4 nitrogen and oxygen atoms in total. The fourth-order valence-corrected chi connectivity index (χ4v) is 3.86. The molecule has 2 aromatic rings. The van der Waals surface area contributed by atoms with E-state index in [1.165, 1.54) is 31.0 Å². The Bertz CT molecular complexity index is 667. The van der Waals surface area contributed by atoms with Gasteiger partial charge in [0.05, 0.1) is 16.8 Å². The largest absolute Gasteiger partial charge is 0.481 e. The van der Waals surface area contributed by atoms with E-state index in [0.29, 0.717) is 0 Å². The molecule has 1 aliphatic carbocycles. The summed E-state index contributed by atoms with van der Waals surface area (Å²) in [6.07, 6.45) is 5.19. The van der Waals surface area contributed by atoms with Crippen LogP contribution in [0.15, 0.2) is 23.4 Å². The summed E-state index contributed by atoms with van der Waals surface area (Å²) in [5.41, 5.74) is 2.08. The van der Waals surface area contributed by atoms with E-state index < -0.39 is 5.97 Å². The molecule has 3 rings (SSSR count). The van der Waals surface area contributed by atoms with Gasteiger partial charge in [-0.25, -0.2) is 4.98 Å². The van der Waals surface area contributed by atoms with Crippen LogP contribution < -0.4 is 0 Å². The maximum atomic E-state index is 10.8. The number of carbonyl (C=O) groups is 1. The average Bonchev–Trinajstić information content (AvgIpc) is 2.72. The lowest BCUT2D eigenvalue weighted by Crippen LogP contribution is -2.14. The van der Waals surface area contributed by atoms with Crippen LogP contribution in [-0.4, -0.2) is 26.4 Å². The number of aryl methyl sites for hydroxylation is 1. The molecule has 0 radical (unpaired) electrons. The summed E-state index contributed by atoms with van der Waals surface area (Å²) >= 11 is 3.59. The van der Waals surface area contributed by atoms with Crippen LogP contribution in [0.4, 0.5) is 0 Å². The first-order valence-corrected chi connectivity index (χ1v) is 9.20. The molecule has 1 saturated carbocycles. The number of imidazole rings is 1. The molecule has 0 bridgehead atoms. The third kappa shape index (κ3) is 3.53. The van der Waals surface area contributed by atoms with E-state index in [2.05, 4.69) is 50.3 Å². The first-order chi connectivity index (χ1) is 10.1. The third-order valence-electron chi connectivity index (χ3n) is 3.99. The summed E-state index contributed by atoms with van der Waals surface area (Å²) in [7, 11) is 0. The Labute approximate surface area is 141 Å². The van der Waals surface area contributed by atoms with Crippen molar-refractivity contribution in [1.29, 1.82) is 0 Å². The number of carboxylic acids is 1. The minimum atomic E-state index is -0.799. The number of thioether (sulfide) groups is 1. The van der Waals surface area contributed by atoms with Gasteiger partial charge in [-0.05, 0) is 53.1 Å². The van der Waals surface area contributed by atoms with E-state index in [0.717, 1.165) is 38.6 Å². The zero-order chi connectivity index (χ0) is 14.8. The summed E-state index contributed by atoms with van der Waals surface area (Å²) in [6.45, 7) is 0.934. The first kappa shape index (κ1) is 15.1. The first-order valence-electron chi connectivity index (χ1n) is 7.14. The minimum absolute atomic E-state index is 0.0594. The summed E-state index contributed by atoms with van der Waals surface area (Å²) < 4.78 is 3.34. The maximum Gasteiger partial charge on any atom is 0.313 e. The Morgan fingerprint density at radius 1 is 1.48 bits per heavy atom. The normalized spacial score (nSPS) is 15.3. The van der Waals surface area contributed by atoms with Gasteiger partial charge in [-0.15, -0.1) is 0 Å². The summed E-state index contributed by atoms with van der Waals surface area (Å²) in [4.78, 5) is 15.4. The van der Waals surface area contributed by atoms with Gasteiger partial charge < -0.3 is 9.67 Å². The topological polar surface area (TPSA) is 55.1 Å². The number of nitrogens with zero attached hydrogens (tertiary/aromatic N) is 2. The molecule has 0 atom stereocenters. The van der Waals surface area contributed by atoms with Crippen LogP contribution in [0.3, 0.4) is 0 Å². The zero-order valence-corrected chi connectivity index (χ0v) is 14.6. The van der Waals surface area contributed by atoms with Crippen LogP contribution in [0.2, 0.25) is 0 Å². The number of aromatic nitrogens is 2. The van der Waals surface area contributed by atoms with Crippen molar-refractivity contribution >= 4 is 51.4 Å². The number of rotatable bonds is 6. The fraction of sp³-hybridized carbons (Fsp3) is 0.467. The molecule has 112 valence electrons. The van der Waals surface area contributed by atoms with E-state index in [1.54, 1.807) is 0 Å². The quantitative estimate of drug-likeness (QED) is 0.571. The van der Waals surface area contributed by atoms with Gasteiger partial charge in [-0.1, -0.05) is 31.0 Å². The molecule has 1 aromatic carbocycles. The van der Waals surface area contributed by atoms with Gasteiger partial charge in [0.2, 0.25) is 0 Å². The number of hydrogen-bond donors (Lipinski definition) is 1. The highest BCUT2D eigenvalue weighted by Crippen LogP contribution is 2.32. The predicted molar refractivity (Wildman–Crippen MR) is 92.8 cm³/mol. The SMILES string of the molecule is O=C(O)CSc1nc2cc(I)ccc2n1CCC1CCC1. The van der Waals surface area contributed by atoms with Gasteiger partial charge >= 0.3 is 5.97 Å². The van der Waals surface area contributed by atoms with Gasteiger partial charge in [0.25, 0.3) is 0 Å². The van der Waals surface area contributed by atoms with E-state index in [9.17, 15) is 4.79 Å². The van der Waals surface area contributed by atoms with Crippen LogP contribution in [0.1, 0.15) is 25.7 Å². The van der Waals surface area contributed by atoms with Gasteiger partial charge in [-0.3, -0.25) is 4.79 Å². The molecule has 0 saturated heterocycles. The summed E-state index contributed by atoms with van der Waals surface area (Å²) in [5.74, 6) is 0.0971. The second kappa shape index (κ2) is 6.56. The number of aliphatic carboxylic acids is 1. The Hall–Kier alpha value is -0.760. The lowest BCUT2D eigenvalue weighted by molar-refractivity contribution is -0.133. The highest BCUT2D eigenvalue weighted by molar-refractivity contribution is 14.1. The molecule has 1 fully saturated rings. The van der Waals surface area contributed by atoms with E-state index in [4.69, 9.17) is 5.11 Å². The van der Waals surface area contributed by atoms with Crippen molar-refractivity contribution in [2.75, 3.05) is 5.75 Å². The molecule has 0 spiro atoms. The number of carboxylic acid groups (broad SMARTS) is 1. The Kier molecular flexibility index (Phi) is 4.73. The molecular formula is C15H17IN2O2S. The molecular weight excluding hydrogens is 399 g/mol. The van der Waals surface area contributed by atoms with Crippen molar-refractivity contribution in [2.45, 2.75) is 37.4 Å². The standard InChI is InChI=1S/C15H17IN2O2S/c16-11-4-5-13-12(8-11)17-15(21-9-14(19)20)18(13)7-6-10-2-1-3-10/h4-5,8,10H,1-3,6-7,9H2,(H,19,20). The van der Waals surface area contributed by atoms with Crippen molar-refractivity contribution < 1.29 is 9.90 Å². The zero-order valence-electron chi connectivity index (χ0n) is 11.6. The molecule has 6 heteroatoms. The molecule has 1 N–H and O–H groups in total. The number of hydrogen-bond acceptors (Lipinski definition) is 3. The lowest BCUT2D eigenvalue weighted by Gasteiger charge is -2.25. The van der Waals surface area contributed by atoms with Crippen molar-refractivity contribution in [3.8, 4) is 0 Å². The van der Waals surface area contributed by atoms with Gasteiger partial charge in [0.15, 0.2) is 5.16 Å². The molecule has 0 amide bonds. The fourth-order valence-electron chi connectivity index (χ4n) is 2.63. The molecule has 1 aromatic heterocycles. The third-order valence-corrected chi connectivity index (χ3v) is 5.62. The number of fused-ring (bicyclic) bond motifs is 1. The summed E-state index contributed by atoms with van der Waals surface area (Å²) in [6, 6.07) is 6.23. The second-order valence-corrected chi connectivity index (χ2v) is 7.64. The second-order valence-electron chi connectivity index (χ2n) is 5.45. The molecule has 0 unspecified atom stereocenters. The molecule has 21 heavy (non-hydrogen) atoms. The average molecular weight is 416 g/mol. The monoisotopic (exact) mass is 416 g/mol. The smallest absolute Gasteiger partial charge is 0.313 e. The van der Waals surface area contributed by atoms with Crippen LogP contribution in [0, 0.1) is 9.49 Å². The maximum absolute atomic E-state index is 10.8. The Morgan fingerprint density at radius 2 is 2.29 bits per heavy atom. The lowest BCUT2D eigenvalue weighted by atomic mass is 9.83. The highest BCUT2D eigenvalue weighted by atomic mass is 127. The Morgan fingerprint density at radius 3 is 2.95 bits per heavy atom. The highest BCUT2D eigenvalue weighted by Gasteiger charge is 2.19. The van der Waals surface area contributed by atoms with Crippen molar-refractivity contribution in [2.24, 2.45) is 5.92 Å². The predicted octanol–water partition coefficient (Wildman–Crippen LogP) is 4.01. The van der Waals surface area contributed by atoms with E-state index >= 15 is 0 Å². The van der Waals surface area contributed by atoms with E-state index in [1.807, 2.05) is 0 Å². The van der Waals surface area contributed by atoms with Crippen LogP contribution in [-0.2, 0) is 11.3 Å². The molecule has 1 aliphatic rings. The van der Waals surface area contributed by atoms with Gasteiger partial charge in [-0.2, -0.15) is 0 Å². The molecule has 0 aliphatic heterocycles. The van der Waals surface area contributed by atoms with Crippen LogP contribution in [0.25, 0.3) is 11.0 Å². The van der Waals surface area contributed by atoms with Crippen molar-refractivity contribution in [3.05, 3.63) is 21.8 Å². The Balaban J connectivity index is 1.87. The molecule has 1 heterocycles. The summed E-state index contributed by atoms with van der Waals surface area (Å²) in [5, 5.41) is 9.72. The van der Waals surface area contributed by atoms with Gasteiger partial charge in [0, 0.05) is 10.1 Å². The van der Waals surface area contributed by atoms with Crippen molar-refractivity contribution in [1.82, 2.24) is 9.55 Å². The number of halogens is 1. The van der Waals surface area contributed by atoms with Crippen molar-refractivity contribution in [3.63, 3.8) is 0 Å². The van der Waals surface area contributed by atoms with Crippen LogP contribution in [0.5, 0.6) is 0 Å². The van der Waals surface area contributed by atoms with E-state index in [-0.39, 0.29) is 5.75 Å². The minimum Gasteiger partial charge on any atom is -0.481 e.